The lowest BCUT2D eigenvalue weighted by Gasteiger charge is -2.07. The van der Waals surface area contributed by atoms with E-state index in [2.05, 4.69) is 36.3 Å². The Bertz CT molecular complexity index is 540. The van der Waals surface area contributed by atoms with E-state index in [-0.39, 0.29) is 5.91 Å². The van der Waals surface area contributed by atoms with Crippen molar-refractivity contribution in [1.82, 2.24) is 19.7 Å². The Labute approximate surface area is 113 Å². The summed E-state index contributed by atoms with van der Waals surface area (Å²) in [6, 6.07) is 1.90. The molecule has 0 saturated carbocycles. The first kappa shape index (κ1) is 12.7. The molecule has 6 nitrogen and oxygen atoms in total. The number of pyridine rings is 1. The van der Waals surface area contributed by atoms with Crippen LogP contribution in [-0.2, 0) is 11.3 Å². The molecule has 2 rings (SSSR count). The van der Waals surface area contributed by atoms with Gasteiger partial charge in [-0.1, -0.05) is 0 Å². The van der Waals surface area contributed by atoms with E-state index in [1.54, 1.807) is 17.2 Å². The molecule has 0 aliphatic heterocycles. The van der Waals surface area contributed by atoms with Gasteiger partial charge in [0.05, 0.1) is 6.54 Å². The topological polar surface area (TPSA) is 72.7 Å². The molecule has 0 atom stereocenters. The molecule has 0 spiro atoms. The predicted octanol–water partition coefficient (Wildman–Crippen LogP) is 1.77. The van der Waals surface area contributed by atoms with Crippen molar-refractivity contribution in [3.8, 4) is 0 Å². The van der Waals surface area contributed by atoms with Crippen molar-refractivity contribution in [2.75, 3.05) is 5.32 Å². The molecule has 1 amide bonds. The number of aryl methyl sites for hydroxylation is 2. The van der Waals surface area contributed by atoms with Crippen LogP contribution in [0.25, 0.3) is 0 Å². The molecule has 0 unspecified atom stereocenters. The van der Waals surface area contributed by atoms with E-state index in [4.69, 9.17) is 0 Å². The number of nitrogens with zero attached hydrogens (tertiary/aromatic N) is 4. The highest BCUT2D eigenvalue weighted by molar-refractivity contribution is 9.10. The Hall–Kier alpha value is -1.76. The van der Waals surface area contributed by atoms with E-state index in [1.165, 1.54) is 6.33 Å². The minimum absolute atomic E-state index is 0.0941. The first-order chi connectivity index (χ1) is 8.65. The average Bonchev–Trinajstić information content (AvgIpc) is 2.83. The van der Waals surface area contributed by atoms with Crippen LogP contribution < -0.4 is 5.32 Å². The summed E-state index contributed by atoms with van der Waals surface area (Å²) in [5, 5.41) is 6.70. The fraction of sp³-hybridized carbons (Fsp3) is 0.273. The van der Waals surface area contributed by atoms with Crippen LogP contribution in [0.4, 0.5) is 5.82 Å². The maximum atomic E-state index is 11.7. The van der Waals surface area contributed by atoms with Gasteiger partial charge in [-0.3, -0.25) is 9.48 Å². The number of amides is 1. The molecule has 0 radical (unpaired) electrons. The Morgan fingerprint density at radius 2 is 2.39 bits per heavy atom. The van der Waals surface area contributed by atoms with Crippen LogP contribution in [0.5, 0.6) is 0 Å². The number of anilines is 1. The van der Waals surface area contributed by atoms with E-state index in [0.29, 0.717) is 18.8 Å². The molecule has 94 valence electrons. The number of carbonyl (C=O) groups is 1. The molecule has 0 saturated heterocycles. The quantitative estimate of drug-likeness (QED) is 0.934. The summed E-state index contributed by atoms with van der Waals surface area (Å²) in [5.74, 6) is 0.491. The fourth-order valence-corrected chi connectivity index (χ4v) is 1.88. The van der Waals surface area contributed by atoms with Gasteiger partial charge in [-0.15, -0.1) is 0 Å². The van der Waals surface area contributed by atoms with Crippen molar-refractivity contribution < 1.29 is 4.79 Å². The largest absolute Gasteiger partial charge is 0.310 e. The second-order valence-electron chi connectivity index (χ2n) is 3.78. The first-order valence-electron chi connectivity index (χ1n) is 5.39. The summed E-state index contributed by atoms with van der Waals surface area (Å²) < 4.78 is 2.50. The minimum atomic E-state index is -0.0941. The highest BCUT2D eigenvalue weighted by Crippen LogP contribution is 2.16. The third-order valence-electron chi connectivity index (χ3n) is 2.34. The monoisotopic (exact) mass is 309 g/mol. The molecular formula is C11H12BrN5O. The molecule has 0 fully saturated rings. The van der Waals surface area contributed by atoms with Gasteiger partial charge in [-0.25, -0.2) is 9.97 Å². The van der Waals surface area contributed by atoms with Crippen LogP contribution >= 0.6 is 15.9 Å². The summed E-state index contributed by atoms with van der Waals surface area (Å²) in [4.78, 5) is 19.7. The van der Waals surface area contributed by atoms with Crippen LogP contribution in [-0.4, -0.2) is 25.7 Å². The number of carbonyl (C=O) groups excluding carboxylic acids is 1. The molecule has 0 aliphatic rings. The van der Waals surface area contributed by atoms with Crippen molar-refractivity contribution in [2.24, 2.45) is 0 Å². The standard InChI is InChI=1S/C11H12BrN5O/c1-8-4-9(12)5-14-11(8)16-10(18)2-3-17-7-13-6-15-17/h4-7H,2-3H2,1H3,(H,14,16,18). The minimum Gasteiger partial charge on any atom is -0.310 e. The lowest BCUT2D eigenvalue weighted by atomic mass is 10.3. The molecule has 0 aromatic carbocycles. The van der Waals surface area contributed by atoms with Gasteiger partial charge in [-0.05, 0) is 34.5 Å². The van der Waals surface area contributed by atoms with E-state index in [1.807, 2.05) is 13.0 Å². The van der Waals surface area contributed by atoms with Gasteiger partial charge in [0.1, 0.15) is 18.5 Å². The van der Waals surface area contributed by atoms with Crippen molar-refractivity contribution in [3.05, 3.63) is 35.0 Å². The Balaban J connectivity index is 1.91. The van der Waals surface area contributed by atoms with Crippen LogP contribution in [0.2, 0.25) is 0 Å². The molecule has 1 N–H and O–H groups in total. The maximum Gasteiger partial charge on any atom is 0.227 e. The summed E-state index contributed by atoms with van der Waals surface area (Å²) in [5.41, 5.74) is 0.915. The van der Waals surface area contributed by atoms with Crippen LogP contribution in [0.15, 0.2) is 29.4 Å². The van der Waals surface area contributed by atoms with Gasteiger partial charge in [0.2, 0.25) is 5.91 Å². The van der Waals surface area contributed by atoms with E-state index in [9.17, 15) is 4.79 Å². The number of hydrogen-bond acceptors (Lipinski definition) is 4. The van der Waals surface area contributed by atoms with Gasteiger partial charge in [-0.2, -0.15) is 5.10 Å². The van der Waals surface area contributed by atoms with Crippen LogP contribution in [0.3, 0.4) is 0 Å². The summed E-state index contributed by atoms with van der Waals surface area (Å²) in [7, 11) is 0. The predicted molar refractivity (Wildman–Crippen MR) is 69.9 cm³/mol. The van der Waals surface area contributed by atoms with Crippen molar-refractivity contribution in [1.29, 1.82) is 0 Å². The van der Waals surface area contributed by atoms with Crippen molar-refractivity contribution >= 4 is 27.7 Å². The fourth-order valence-electron chi connectivity index (χ4n) is 1.43. The molecule has 2 aromatic heterocycles. The SMILES string of the molecule is Cc1cc(Br)cnc1NC(=O)CCn1cncn1. The molecule has 2 aromatic rings. The Kier molecular flexibility index (Phi) is 4.03. The number of nitrogens with one attached hydrogen (secondary N) is 1. The van der Waals surface area contributed by atoms with E-state index in [0.717, 1.165) is 10.0 Å². The lowest BCUT2D eigenvalue weighted by Crippen LogP contribution is -2.16. The van der Waals surface area contributed by atoms with Gasteiger partial charge >= 0.3 is 0 Å². The normalized spacial score (nSPS) is 10.3. The Morgan fingerprint density at radius 1 is 1.56 bits per heavy atom. The maximum absolute atomic E-state index is 11.7. The molecular weight excluding hydrogens is 298 g/mol. The Morgan fingerprint density at radius 3 is 3.06 bits per heavy atom. The van der Waals surface area contributed by atoms with Gasteiger partial charge in [0, 0.05) is 17.1 Å². The van der Waals surface area contributed by atoms with Crippen molar-refractivity contribution in [3.63, 3.8) is 0 Å². The molecule has 7 heteroatoms. The second kappa shape index (κ2) is 5.72. The summed E-state index contributed by atoms with van der Waals surface area (Å²) in [6.45, 7) is 2.40. The number of hydrogen-bond donors (Lipinski definition) is 1. The van der Waals surface area contributed by atoms with Gasteiger partial charge in [0.25, 0.3) is 0 Å². The average molecular weight is 310 g/mol. The highest BCUT2D eigenvalue weighted by Gasteiger charge is 2.06. The number of rotatable bonds is 4. The molecule has 0 aliphatic carbocycles. The first-order valence-corrected chi connectivity index (χ1v) is 6.19. The molecule has 18 heavy (non-hydrogen) atoms. The van der Waals surface area contributed by atoms with Crippen LogP contribution in [0, 0.1) is 6.92 Å². The van der Waals surface area contributed by atoms with E-state index < -0.39 is 0 Å². The smallest absolute Gasteiger partial charge is 0.227 e. The zero-order chi connectivity index (χ0) is 13.0. The lowest BCUT2D eigenvalue weighted by molar-refractivity contribution is -0.116. The van der Waals surface area contributed by atoms with Crippen molar-refractivity contribution in [2.45, 2.75) is 19.9 Å². The van der Waals surface area contributed by atoms with E-state index >= 15 is 0 Å². The van der Waals surface area contributed by atoms with Gasteiger partial charge < -0.3 is 5.32 Å². The number of aromatic nitrogens is 4. The third kappa shape index (κ3) is 3.36. The molecule has 2 heterocycles. The summed E-state index contributed by atoms with van der Waals surface area (Å²) in [6.07, 6.45) is 5.01. The summed E-state index contributed by atoms with van der Waals surface area (Å²) >= 11 is 3.33. The third-order valence-corrected chi connectivity index (χ3v) is 2.77. The number of halogens is 1. The second-order valence-corrected chi connectivity index (χ2v) is 4.69. The highest BCUT2D eigenvalue weighted by atomic mass is 79.9. The zero-order valence-corrected chi connectivity index (χ0v) is 11.4. The van der Waals surface area contributed by atoms with Crippen LogP contribution in [0.1, 0.15) is 12.0 Å². The molecule has 0 bridgehead atoms. The zero-order valence-electron chi connectivity index (χ0n) is 9.80. The van der Waals surface area contributed by atoms with Gasteiger partial charge in [0.15, 0.2) is 0 Å².